The second-order valence-corrected chi connectivity index (χ2v) is 4.88. The minimum atomic E-state index is -1.63. The number of carboxylic acid groups (broad SMARTS) is 1. The van der Waals surface area contributed by atoms with E-state index in [1.807, 2.05) is 0 Å². The first-order valence-electron chi connectivity index (χ1n) is 4.81. The van der Waals surface area contributed by atoms with Gasteiger partial charge in [0.15, 0.2) is 4.91 Å². The molecule has 6 heteroatoms. The van der Waals surface area contributed by atoms with E-state index in [1.165, 1.54) is 12.1 Å². The fourth-order valence-corrected chi connectivity index (χ4v) is 2.31. The van der Waals surface area contributed by atoms with Gasteiger partial charge >= 0.3 is 11.2 Å². The number of benzene rings is 1. The van der Waals surface area contributed by atoms with Crippen LogP contribution in [-0.2, 0) is 11.2 Å². The highest BCUT2D eigenvalue weighted by molar-refractivity contribution is 8.09. The first-order valence-corrected chi connectivity index (χ1v) is 5.96. The van der Waals surface area contributed by atoms with Crippen molar-refractivity contribution in [1.29, 1.82) is 0 Å². The summed E-state index contributed by atoms with van der Waals surface area (Å²) in [5.41, 5.74) is 0.906. The third kappa shape index (κ3) is 2.48. The maximum atomic E-state index is 11.4. The predicted octanol–water partition coefficient (Wildman–Crippen LogP) is 1.20. The lowest BCUT2D eigenvalue weighted by atomic mass is 10.1. The van der Waals surface area contributed by atoms with Gasteiger partial charge in [-0.25, -0.2) is 9.59 Å². The quantitative estimate of drug-likeness (QED) is 0.773. The standard InChI is InChI=1S/C11H9NO4S/c13-10(14)8-3-1-7(2-4-8)5-9-6-12-11(15)17(9)16/h1-5H,6H2,(H,12,15)(H,13,14). The summed E-state index contributed by atoms with van der Waals surface area (Å²) in [6, 6.07) is 6.14. The first-order chi connectivity index (χ1) is 8.08. The molecule has 0 bridgehead atoms. The largest absolute Gasteiger partial charge is 0.603 e. The zero-order valence-corrected chi connectivity index (χ0v) is 9.49. The zero-order chi connectivity index (χ0) is 12.4. The Morgan fingerprint density at radius 3 is 2.53 bits per heavy atom. The fraction of sp³-hybridized carbons (Fsp3) is 0.0909. The number of carbonyl (C=O) groups excluding carboxylic acids is 1. The maximum Gasteiger partial charge on any atom is 0.433 e. The summed E-state index contributed by atoms with van der Waals surface area (Å²) in [4.78, 5) is 22.1. The van der Waals surface area contributed by atoms with Crippen LogP contribution in [0, 0.1) is 0 Å². The lowest BCUT2D eigenvalue weighted by molar-refractivity contribution is 0.0697. The molecule has 1 aromatic rings. The number of carbonyl (C=O) groups is 2. The highest BCUT2D eigenvalue weighted by Gasteiger charge is 2.32. The normalized spacial score (nSPS) is 21.6. The highest BCUT2D eigenvalue weighted by Crippen LogP contribution is 2.18. The van der Waals surface area contributed by atoms with E-state index in [0.29, 0.717) is 4.91 Å². The van der Waals surface area contributed by atoms with E-state index in [4.69, 9.17) is 5.11 Å². The Balaban J connectivity index is 2.22. The molecule has 2 N–H and O–H groups in total. The van der Waals surface area contributed by atoms with Crippen molar-refractivity contribution in [2.24, 2.45) is 0 Å². The Hall–Kier alpha value is -1.79. The maximum absolute atomic E-state index is 11.4. The van der Waals surface area contributed by atoms with Crippen LogP contribution in [0.2, 0.25) is 0 Å². The summed E-state index contributed by atoms with van der Waals surface area (Å²) in [5.74, 6) is -0.995. The first kappa shape index (κ1) is 11.7. The molecule has 1 heterocycles. The fourth-order valence-electron chi connectivity index (χ4n) is 1.42. The molecule has 1 atom stereocenters. The second kappa shape index (κ2) is 4.60. The summed E-state index contributed by atoms with van der Waals surface area (Å²) < 4.78 is 11.4. The minimum Gasteiger partial charge on any atom is -0.603 e. The van der Waals surface area contributed by atoms with Crippen LogP contribution in [0.5, 0.6) is 0 Å². The average Bonchev–Trinajstić information content (AvgIpc) is 2.62. The monoisotopic (exact) mass is 251 g/mol. The molecular formula is C11H9NO4S. The van der Waals surface area contributed by atoms with Gasteiger partial charge in [-0.1, -0.05) is 12.1 Å². The molecule has 0 spiro atoms. The number of rotatable bonds is 2. The van der Waals surface area contributed by atoms with Crippen LogP contribution < -0.4 is 5.32 Å². The van der Waals surface area contributed by atoms with Crippen LogP contribution in [0.25, 0.3) is 6.08 Å². The summed E-state index contributed by atoms with van der Waals surface area (Å²) in [5, 5.41) is 10.7. The Morgan fingerprint density at radius 1 is 1.41 bits per heavy atom. The van der Waals surface area contributed by atoms with Gasteiger partial charge in [0, 0.05) is 0 Å². The molecular weight excluding hydrogens is 242 g/mol. The number of hydrogen-bond donors (Lipinski definition) is 2. The molecule has 0 saturated carbocycles. The van der Waals surface area contributed by atoms with Crippen molar-refractivity contribution in [3.8, 4) is 0 Å². The molecule has 0 radical (unpaired) electrons. The molecule has 17 heavy (non-hydrogen) atoms. The summed E-state index contributed by atoms with van der Waals surface area (Å²) in [6.45, 7) is 0.270. The van der Waals surface area contributed by atoms with Gasteiger partial charge in [-0.15, -0.1) is 0 Å². The van der Waals surface area contributed by atoms with Crippen LogP contribution in [0.1, 0.15) is 15.9 Å². The van der Waals surface area contributed by atoms with Crippen molar-refractivity contribution in [2.45, 2.75) is 0 Å². The number of hydrogen-bond acceptors (Lipinski definition) is 3. The second-order valence-electron chi connectivity index (χ2n) is 3.45. The van der Waals surface area contributed by atoms with Gasteiger partial charge in [0.05, 0.1) is 23.3 Å². The Morgan fingerprint density at radius 2 is 2.06 bits per heavy atom. The van der Waals surface area contributed by atoms with Crippen molar-refractivity contribution >= 4 is 28.5 Å². The molecule has 5 nitrogen and oxygen atoms in total. The van der Waals surface area contributed by atoms with Gasteiger partial charge in [0.2, 0.25) is 0 Å². The average molecular weight is 251 g/mol. The zero-order valence-electron chi connectivity index (χ0n) is 8.67. The van der Waals surface area contributed by atoms with Crippen molar-refractivity contribution in [1.82, 2.24) is 5.32 Å². The SMILES string of the molecule is O=C(O)c1ccc(C=C2CNC(=O)[S+]2[O-])cc1. The molecule has 0 aromatic heterocycles. The Bertz CT molecular complexity index is 495. The van der Waals surface area contributed by atoms with Gasteiger partial charge < -0.3 is 15.0 Å². The molecule has 1 aliphatic heterocycles. The number of carboxylic acids is 1. The van der Waals surface area contributed by atoms with E-state index in [9.17, 15) is 14.1 Å². The van der Waals surface area contributed by atoms with Crippen molar-refractivity contribution in [2.75, 3.05) is 6.54 Å². The van der Waals surface area contributed by atoms with Crippen molar-refractivity contribution < 1.29 is 19.2 Å². The van der Waals surface area contributed by atoms with Gasteiger partial charge in [-0.3, -0.25) is 0 Å². The van der Waals surface area contributed by atoms with Crippen molar-refractivity contribution in [3.63, 3.8) is 0 Å². The molecule has 1 aromatic carbocycles. The number of amides is 1. The predicted molar refractivity (Wildman–Crippen MR) is 62.9 cm³/mol. The van der Waals surface area contributed by atoms with Crippen LogP contribution in [-0.4, -0.2) is 27.4 Å². The molecule has 1 unspecified atom stereocenters. The smallest absolute Gasteiger partial charge is 0.433 e. The molecule has 1 aliphatic rings. The molecule has 0 aliphatic carbocycles. The Labute approximate surface area is 100 Å². The van der Waals surface area contributed by atoms with Crippen molar-refractivity contribution in [3.05, 3.63) is 40.3 Å². The lowest BCUT2D eigenvalue weighted by Crippen LogP contribution is -2.16. The lowest BCUT2D eigenvalue weighted by Gasteiger charge is -2.00. The molecule has 88 valence electrons. The summed E-state index contributed by atoms with van der Waals surface area (Å²) in [6.07, 6.45) is 1.62. The van der Waals surface area contributed by atoms with Crippen LogP contribution >= 0.6 is 0 Å². The number of nitrogens with one attached hydrogen (secondary N) is 1. The summed E-state index contributed by atoms with van der Waals surface area (Å²) in [7, 11) is 0. The third-order valence-electron chi connectivity index (χ3n) is 2.30. The van der Waals surface area contributed by atoms with E-state index in [2.05, 4.69) is 5.32 Å². The van der Waals surface area contributed by atoms with E-state index >= 15 is 0 Å². The highest BCUT2D eigenvalue weighted by atomic mass is 32.2. The molecule has 1 saturated heterocycles. The van der Waals surface area contributed by atoms with Crippen LogP contribution in [0.15, 0.2) is 29.2 Å². The number of aromatic carboxylic acids is 1. The van der Waals surface area contributed by atoms with Gasteiger partial charge in [0.25, 0.3) is 0 Å². The topological polar surface area (TPSA) is 89.5 Å². The van der Waals surface area contributed by atoms with Crippen LogP contribution in [0.3, 0.4) is 0 Å². The van der Waals surface area contributed by atoms with E-state index in [0.717, 1.165) is 5.56 Å². The third-order valence-corrected chi connectivity index (χ3v) is 3.52. The van der Waals surface area contributed by atoms with Gasteiger partial charge in [-0.2, -0.15) is 0 Å². The Kier molecular flexibility index (Phi) is 3.16. The van der Waals surface area contributed by atoms with E-state index in [1.54, 1.807) is 18.2 Å². The van der Waals surface area contributed by atoms with E-state index < -0.39 is 22.4 Å². The van der Waals surface area contributed by atoms with E-state index in [-0.39, 0.29) is 12.1 Å². The van der Waals surface area contributed by atoms with Crippen LogP contribution in [0.4, 0.5) is 4.79 Å². The van der Waals surface area contributed by atoms with Gasteiger partial charge in [0.1, 0.15) is 0 Å². The molecule has 1 fully saturated rings. The molecule has 2 rings (SSSR count). The summed E-state index contributed by atoms with van der Waals surface area (Å²) >= 11 is -1.63. The minimum absolute atomic E-state index is 0.189. The van der Waals surface area contributed by atoms with Gasteiger partial charge in [-0.05, 0) is 23.8 Å². The molecule has 1 amide bonds.